The molecule has 1 aromatic carbocycles. The first-order chi connectivity index (χ1) is 15.1. The van der Waals surface area contributed by atoms with E-state index in [0.29, 0.717) is 22.0 Å². The molecule has 1 aliphatic carbocycles. The first-order valence-electron chi connectivity index (χ1n) is 10.4. The van der Waals surface area contributed by atoms with Crippen molar-refractivity contribution in [3.05, 3.63) is 46.4 Å². The SMILES string of the molecule is O=C(Nc1nc2cccc(N3CCC(NSc4cccc(Cl)c4Cl)CC3)n2n1)C1CC1. The average molecular weight is 477 g/mol. The van der Waals surface area contributed by atoms with Crippen molar-refractivity contribution in [1.82, 2.24) is 19.3 Å². The third-order valence-corrected chi connectivity index (χ3v) is 7.54. The Balaban J connectivity index is 1.22. The Labute approximate surface area is 194 Å². The van der Waals surface area contributed by atoms with Crippen LogP contribution in [0.3, 0.4) is 0 Å². The minimum absolute atomic E-state index is 0.0154. The van der Waals surface area contributed by atoms with E-state index >= 15 is 0 Å². The molecular weight excluding hydrogens is 455 g/mol. The van der Waals surface area contributed by atoms with Crippen LogP contribution in [0.15, 0.2) is 41.3 Å². The molecule has 31 heavy (non-hydrogen) atoms. The molecule has 2 aliphatic rings. The van der Waals surface area contributed by atoms with Crippen molar-refractivity contribution < 1.29 is 4.79 Å². The van der Waals surface area contributed by atoms with Gasteiger partial charge in [0.1, 0.15) is 5.82 Å². The Hall–Kier alpha value is -2.00. The molecule has 10 heteroatoms. The van der Waals surface area contributed by atoms with Crippen LogP contribution in [0.4, 0.5) is 11.8 Å². The average Bonchev–Trinajstić information content (AvgIpc) is 3.55. The van der Waals surface area contributed by atoms with Crippen molar-refractivity contribution in [2.45, 2.75) is 36.6 Å². The van der Waals surface area contributed by atoms with Gasteiger partial charge in [0, 0.05) is 29.9 Å². The Morgan fingerprint density at radius 1 is 1.06 bits per heavy atom. The van der Waals surface area contributed by atoms with Crippen molar-refractivity contribution in [1.29, 1.82) is 0 Å². The van der Waals surface area contributed by atoms with E-state index < -0.39 is 0 Å². The number of piperidine rings is 1. The molecule has 0 unspecified atom stereocenters. The summed E-state index contributed by atoms with van der Waals surface area (Å²) in [4.78, 5) is 19.8. The summed E-state index contributed by atoms with van der Waals surface area (Å²) in [6.45, 7) is 1.79. The molecule has 0 atom stereocenters. The molecule has 1 saturated carbocycles. The number of hydrogen-bond acceptors (Lipinski definition) is 6. The van der Waals surface area contributed by atoms with Gasteiger partial charge in [0.05, 0.1) is 10.0 Å². The number of anilines is 2. The van der Waals surface area contributed by atoms with Gasteiger partial charge in [-0.3, -0.25) is 14.8 Å². The molecule has 1 amide bonds. The van der Waals surface area contributed by atoms with Crippen LogP contribution in [0, 0.1) is 5.92 Å². The quantitative estimate of drug-likeness (QED) is 0.504. The number of fused-ring (bicyclic) bond motifs is 1. The Morgan fingerprint density at radius 3 is 2.61 bits per heavy atom. The van der Waals surface area contributed by atoms with Crippen LogP contribution >= 0.6 is 35.1 Å². The molecule has 2 N–H and O–H groups in total. The second-order valence-corrected chi connectivity index (χ2v) is 9.55. The zero-order valence-electron chi connectivity index (χ0n) is 16.7. The second-order valence-electron chi connectivity index (χ2n) is 7.89. The van der Waals surface area contributed by atoms with Gasteiger partial charge >= 0.3 is 0 Å². The molecule has 7 nitrogen and oxygen atoms in total. The normalized spacial score (nSPS) is 17.3. The Kier molecular flexibility index (Phi) is 5.97. The molecule has 3 heterocycles. The number of amides is 1. The highest BCUT2D eigenvalue weighted by Crippen LogP contribution is 2.33. The standard InChI is InChI=1S/C21H22Cl2N6OS/c22-15-3-1-4-16(19(15)23)31-27-14-9-11-28(12-10-14)18-6-2-5-17-24-21(26-29(17)18)25-20(30)13-7-8-13/h1-6,13-14,27H,7-12H2,(H,25,26,30). The summed E-state index contributed by atoms with van der Waals surface area (Å²) in [5.74, 6) is 1.50. The fourth-order valence-corrected chi connectivity index (χ4v) is 5.03. The summed E-state index contributed by atoms with van der Waals surface area (Å²) in [6.07, 6.45) is 3.88. The molecule has 3 aromatic rings. The lowest BCUT2D eigenvalue weighted by atomic mass is 10.1. The van der Waals surface area contributed by atoms with E-state index in [1.54, 1.807) is 6.07 Å². The summed E-state index contributed by atoms with van der Waals surface area (Å²) in [6, 6.07) is 12.0. The Bertz CT molecular complexity index is 1110. The van der Waals surface area contributed by atoms with Gasteiger partial charge in [0.15, 0.2) is 5.65 Å². The molecule has 0 bridgehead atoms. The molecule has 1 saturated heterocycles. The fourth-order valence-electron chi connectivity index (χ4n) is 3.68. The third-order valence-electron chi connectivity index (χ3n) is 5.59. The molecular formula is C21H22Cl2N6OS. The van der Waals surface area contributed by atoms with Crippen LogP contribution in [0.1, 0.15) is 25.7 Å². The monoisotopic (exact) mass is 476 g/mol. The van der Waals surface area contributed by atoms with E-state index in [-0.39, 0.29) is 11.8 Å². The first kappa shape index (κ1) is 20.9. The zero-order chi connectivity index (χ0) is 21.4. The maximum atomic E-state index is 12.0. The number of halogens is 2. The molecule has 1 aliphatic heterocycles. The van der Waals surface area contributed by atoms with Gasteiger partial charge in [0.25, 0.3) is 0 Å². The predicted molar refractivity (Wildman–Crippen MR) is 125 cm³/mol. The third kappa shape index (κ3) is 4.62. The van der Waals surface area contributed by atoms with Crippen LogP contribution < -0.4 is 14.9 Å². The predicted octanol–water partition coefficient (Wildman–Crippen LogP) is 4.65. The molecule has 2 aromatic heterocycles. The lowest BCUT2D eigenvalue weighted by Crippen LogP contribution is -2.41. The van der Waals surface area contributed by atoms with Crippen LogP contribution in [-0.2, 0) is 4.79 Å². The number of nitrogens with one attached hydrogen (secondary N) is 2. The minimum atomic E-state index is 0.0154. The number of rotatable bonds is 6. The fraction of sp³-hybridized carbons (Fsp3) is 0.381. The van der Waals surface area contributed by atoms with E-state index in [1.807, 2.05) is 34.8 Å². The maximum Gasteiger partial charge on any atom is 0.249 e. The lowest BCUT2D eigenvalue weighted by Gasteiger charge is -2.33. The molecule has 2 fully saturated rings. The van der Waals surface area contributed by atoms with Crippen LogP contribution in [0.5, 0.6) is 0 Å². The highest BCUT2D eigenvalue weighted by atomic mass is 35.5. The zero-order valence-corrected chi connectivity index (χ0v) is 19.1. The highest BCUT2D eigenvalue weighted by molar-refractivity contribution is 7.97. The number of nitrogens with zero attached hydrogens (tertiary/aromatic N) is 4. The van der Waals surface area contributed by atoms with Crippen molar-refractivity contribution in [3.8, 4) is 0 Å². The van der Waals surface area contributed by atoms with E-state index in [1.165, 1.54) is 11.9 Å². The smallest absolute Gasteiger partial charge is 0.249 e. The summed E-state index contributed by atoms with van der Waals surface area (Å²) in [7, 11) is 0. The van der Waals surface area contributed by atoms with Gasteiger partial charge < -0.3 is 4.90 Å². The van der Waals surface area contributed by atoms with Crippen LogP contribution in [0.25, 0.3) is 5.65 Å². The van der Waals surface area contributed by atoms with Gasteiger partial charge in [-0.15, -0.1) is 5.10 Å². The van der Waals surface area contributed by atoms with Crippen LogP contribution in [0.2, 0.25) is 10.0 Å². The molecule has 162 valence electrons. The summed E-state index contributed by atoms with van der Waals surface area (Å²) in [5.41, 5.74) is 0.731. The molecule has 5 rings (SSSR count). The number of pyridine rings is 1. The number of carbonyl (C=O) groups is 1. The largest absolute Gasteiger partial charge is 0.356 e. The molecule has 0 spiro atoms. The maximum absolute atomic E-state index is 12.0. The van der Waals surface area contributed by atoms with Crippen molar-refractivity contribution >= 4 is 58.5 Å². The summed E-state index contributed by atoms with van der Waals surface area (Å²) >= 11 is 13.9. The number of benzene rings is 1. The first-order valence-corrected chi connectivity index (χ1v) is 11.9. The topological polar surface area (TPSA) is 74.6 Å². The van der Waals surface area contributed by atoms with E-state index in [4.69, 9.17) is 23.2 Å². The van der Waals surface area contributed by atoms with E-state index in [2.05, 4.69) is 25.0 Å². The molecule has 0 radical (unpaired) electrons. The lowest BCUT2D eigenvalue weighted by molar-refractivity contribution is -0.117. The summed E-state index contributed by atoms with van der Waals surface area (Å²) in [5, 5.41) is 8.53. The van der Waals surface area contributed by atoms with Crippen LogP contribution in [-0.4, -0.2) is 39.6 Å². The number of carbonyl (C=O) groups excluding carboxylic acids is 1. The number of hydrogen-bond donors (Lipinski definition) is 2. The van der Waals surface area contributed by atoms with Crippen molar-refractivity contribution in [2.75, 3.05) is 23.3 Å². The van der Waals surface area contributed by atoms with E-state index in [9.17, 15) is 4.79 Å². The minimum Gasteiger partial charge on any atom is -0.356 e. The van der Waals surface area contributed by atoms with Crippen molar-refractivity contribution in [2.24, 2.45) is 5.92 Å². The highest BCUT2D eigenvalue weighted by Gasteiger charge is 2.30. The van der Waals surface area contributed by atoms with Gasteiger partial charge in [-0.1, -0.05) is 35.3 Å². The van der Waals surface area contributed by atoms with Gasteiger partial charge in [-0.05, 0) is 61.9 Å². The second kappa shape index (κ2) is 8.86. The summed E-state index contributed by atoms with van der Waals surface area (Å²) < 4.78 is 5.34. The van der Waals surface area contributed by atoms with Gasteiger partial charge in [0.2, 0.25) is 11.9 Å². The Morgan fingerprint density at radius 2 is 1.84 bits per heavy atom. The van der Waals surface area contributed by atoms with Gasteiger partial charge in [-0.25, -0.2) is 0 Å². The van der Waals surface area contributed by atoms with E-state index in [0.717, 1.165) is 55.1 Å². The van der Waals surface area contributed by atoms with Crippen molar-refractivity contribution in [3.63, 3.8) is 0 Å². The number of aromatic nitrogens is 3. The van der Waals surface area contributed by atoms with Gasteiger partial charge in [-0.2, -0.15) is 9.50 Å².